The van der Waals surface area contributed by atoms with E-state index < -0.39 is 11.9 Å². The molecule has 0 radical (unpaired) electrons. The van der Waals surface area contributed by atoms with Gasteiger partial charge in [0.1, 0.15) is 6.54 Å². The first-order valence-corrected chi connectivity index (χ1v) is 6.97. The number of hydrogen-bond donors (Lipinski definition) is 1. The molecule has 2 atom stereocenters. The number of carbonyl (C=O) groups excluding carboxylic acids is 3. The SMILES string of the molecule is COC(=O)CNC(=O)C1=NOC2CN(C(=O)C3CC3)CC12. The van der Waals surface area contributed by atoms with Crippen LogP contribution >= 0.6 is 0 Å². The van der Waals surface area contributed by atoms with Crippen LogP contribution in [0, 0.1) is 11.8 Å². The lowest BCUT2D eigenvalue weighted by Gasteiger charge is -2.16. The molecule has 0 bridgehead atoms. The zero-order valence-electron chi connectivity index (χ0n) is 11.7. The van der Waals surface area contributed by atoms with Gasteiger partial charge in [-0.1, -0.05) is 5.16 Å². The average molecular weight is 295 g/mol. The number of nitrogens with one attached hydrogen (secondary N) is 1. The Balaban J connectivity index is 1.57. The van der Waals surface area contributed by atoms with Crippen LogP contribution in [0.2, 0.25) is 0 Å². The first-order chi connectivity index (χ1) is 10.1. The van der Waals surface area contributed by atoms with Crippen molar-refractivity contribution in [2.24, 2.45) is 17.0 Å². The van der Waals surface area contributed by atoms with Gasteiger partial charge in [0.15, 0.2) is 11.8 Å². The monoisotopic (exact) mass is 295 g/mol. The van der Waals surface area contributed by atoms with Crippen molar-refractivity contribution < 1.29 is 24.0 Å². The van der Waals surface area contributed by atoms with E-state index in [1.165, 1.54) is 7.11 Å². The summed E-state index contributed by atoms with van der Waals surface area (Å²) < 4.78 is 4.45. The molecule has 0 aromatic rings. The molecule has 1 saturated carbocycles. The normalized spacial score (nSPS) is 26.7. The molecule has 3 rings (SSSR count). The number of ether oxygens (including phenoxy) is 1. The predicted molar refractivity (Wildman–Crippen MR) is 70.1 cm³/mol. The summed E-state index contributed by atoms with van der Waals surface area (Å²) in [5, 5.41) is 6.23. The Morgan fingerprint density at radius 2 is 2.14 bits per heavy atom. The number of esters is 1. The Bertz CT molecular complexity index is 514. The van der Waals surface area contributed by atoms with E-state index in [-0.39, 0.29) is 36.1 Å². The van der Waals surface area contributed by atoms with Gasteiger partial charge in [-0.3, -0.25) is 14.4 Å². The topological polar surface area (TPSA) is 97.3 Å². The minimum atomic E-state index is -0.531. The highest BCUT2D eigenvalue weighted by Gasteiger charge is 2.48. The summed E-state index contributed by atoms with van der Waals surface area (Å²) in [6.07, 6.45) is 1.64. The minimum absolute atomic E-state index is 0.141. The molecule has 2 heterocycles. The zero-order valence-corrected chi connectivity index (χ0v) is 11.7. The van der Waals surface area contributed by atoms with Crippen LogP contribution in [0.15, 0.2) is 5.16 Å². The molecule has 2 unspecified atom stereocenters. The highest BCUT2D eigenvalue weighted by molar-refractivity contribution is 6.40. The molecule has 1 N–H and O–H groups in total. The summed E-state index contributed by atoms with van der Waals surface area (Å²) >= 11 is 0. The van der Waals surface area contributed by atoms with Crippen LogP contribution in [-0.4, -0.2) is 61.2 Å². The molecular weight excluding hydrogens is 278 g/mol. The van der Waals surface area contributed by atoms with Gasteiger partial charge in [-0.2, -0.15) is 0 Å². The minimum Gasteiger partial charge on any atom is -0.468 e. The van der Waals surface area contributed by atoms with Gasteiger partial charge in [0.25, 0.3) is 5.91 Å². The molecule has 0 aromatic heterocycles. The van der Waals surface area contributed by atoms with Gasteiger partial charge in [0, 0.05) is 12.5 Å². The summed E-state index contributed by atoms with van der Waals surface area (Å²) in [4.78, 5) is 42.0. The van der Waals surface area contributed by atoms with E-state index in [1.807, 2.05) is 0 Å². The number of likely N-dealkylation sites (tertiary alicyclic amines) is 1. The summed E-state index contributed by atoms with van der Waals surface area (Å²) in [5.74, 6) is -0.907. The van der Waals surface area contributed by atoms with Gasteiger partial charge >= 0.3 is 5.97 Å². The Hall–Kier alpha value is -2.12. The van der Waals surface area contributed by atoms with Crippen molar-refractivity contribution in [3.05, 3.63) is 0 Å². The number of rotatable bonds is 4. The molecule has 8 heteroatoms. The smallest absolute Gasteiger partial charge is 0.325 e. The maximum Gasteiger partial charge on any atom is 0.325 e. The molecule has 2 amide bonds. The van der Waals surface area contributed by atoms with Crippen LogP contribution in [-0.2, 0) is 24.0 Å². The van der Waals surface area contributed by atoms with Crippen molar-refractivity contribution in [1.29, 1.82) is 0 Å². The van der Waals surface area contributed by atoms with E-state index in [0.29, 0.717) is 13.1 Å². The zero-order chi connectivity index (χ0) is 15.0. The maximum absolute atomic E-state index is 12.0. The van der Waals surface area contributed by atoms with Crippen LogP contribution in [0.3, 0.4) is 0 Å². The van der Waals surface area contributed by atoms with Gasteiger partial charge in [-0.15, -0.1) is 0 Å². The molecular formula is C13H17N3O5. The lowest BCUT2D eigenvalue weighted by Crippen LogP contribution is -2.40. The standard InChI is InChI=1S/C13H17N3O5/c1-20-10(17)4-14-12(18)11-8-5-16(6-9(8)21-15-11)13(19)7-2-3-7/h7-9H,2-6H2,1H3,(H,14,18). The molecule has 21 heavy (non-hydrogen) atoms. The van der Waals surface area contributed by atoms with E-state index in [4.69, 9.17) is 4.84 Å². The van der Waals surface area contributed by atoms with Crippen LogP contribution in [0.25, 0.3) is 0 Å². The summed E-state index contributed by atoms with van der Waals surface area (Å²) in [6.45, 7) is 0.707. The van der Waals surface area contributed by atoms with Crippen molar-refractivity contribution in [3.8, 4) is 0 Å². The van der Waals surface area contributed by atoms with Crippen molar-refractivity contribution >= 4 is 23.5 Å². The number of methoxy groups -OCH3 is 1. The second-order valence-corrected chi connectivity index (χ2v) is 5.50. The molecule has 8 nitrogen and oxygen atoms in total. The van der Waals surface area contributed by atoms with E-state index in [0.717, 1.165) is 12.8 Å². The fraction of sp³-hybridized carbons (Fsp3) is 0.692. The number of amides is 2. The molecule has 2 fully saturated rings. The average Bonchev–Trinajstić information content (AvgIpc) is 3.13. The largest absolute Gasteiger partial charge is 0.468 e. The highest BCUT2D eigenvalue weighted by atomic mass is 16.6. The van der Waals surface area contributed by atoms with Crippen molar-refractivity contribution in [2.75, 3.05) is 26.7 Å². The van der Waals surface area contributed by atoms with Crippen molar-refractivity contribution in [2.45, 2.75) is 18.9 Å². The molecule has 1 aliphatic carbocycles. The summed E-state index contributed by atoms with van der Waals surface area (Å²) in [7, 11) is 1.25. The first kappa shape index (κ1) is 13.8. The number of nitrogens with zero attached hydrogens (tertiary/aromatic N) is 2. The van der Waals surface area contributed by atoms with Crippen molar-refractivity contribution in [1.82, 2.24) is 10.2 Å². The molecule has 2 aliphatic heterocycles. The fourth-order valence-corrected chi connectivity index (χ4v) is 2.63. The third-order valence-electron chi connectivity index (χ3n) is 4.00. The lowest BCUT2D eigenvalue weighted by molar-refractivity contribution is -0.140. The van der Waals surface area contributed by atoms with Gasteiger partial charge in [0.05, 0.1) is 19.6 Å². The Morgan fingerprint density at radius 3 is 2.81 bits per heavy atom. The van der Waals surface area contributed by atoms with Gasteiger partial charge in [-0.05, 0) is 12.8 Å². The summed E-state index contributed by atoms with van der Waals surface area (Å²) in [6, 6.07) is 0. The van der Waals surface area contributed by atoms with Crippen LogP contribution in [0.4, 0.5) is 0 Å². The van der Waals surface area contributed by atoms with Gasteiger partial charge in [0.2, 0.25) is 5.91 Å². The molecule has 1 saturated heterocycles. The lowest BCUT2D eigenvalue weighted by atomic mass is 10.0. The van der Waals surface area contributed by atoms with E-state index in [1.54, 1.807) is 4.90 Å². The van der Waals surface area contributed by atoms with Crippen molar-refractivity contribution in [3.63, 3.8) is 0 Å². The third-order valence-corrected chi connectivity index (χ3v) is 4.00. The van der Waals surface area contributed by atoms with E-state index in [9.17, 15) is 14.4 Å². The Kier molecular flexibility index (Phi) is 3.52. The van der Waals surface area contributed by atoms with E-state index >= 15 is 0 Å². The predicted octanol–water partition coefficient (Wildman–Crippen LogP) is -1.10. The summed E-state index contributed by atoms with van der Waals surface area (Å²) in [5.41, 5.74) is 0.245. The first-order valence-electron chi connectivity index (χ1n) is 6.97. The second kappa shape index (κ2) is 5.34. The van der Waals surface area contributed by atoms with Crippen LogP contribution in [0.5, 0.6) is 0 Å². The Morgan fingerprint density at radius 1 is 1.38 bits per heavy atom. The van der Waals surface area contributed by atoms with Crippen LogP contribution in [0.1, 0.15) is 12.8 Å². The second-order valence-electron chi connectivity index (χ2n) is 5.50. The van der Waals surface area contributed by atoms with Gasteiger partial charge < -0.3 is 19.8 Å². The molecule has 0 aromatic carbocycles. The highest BCUT2D eigenvalue weighted by Crippen LogP contribution is 2.35. The van der Waals surface area contributed by atoms with Gasteiger partial charge in [-0.25, -0.2) is 0 Å². The maximum atomic E-state index is 12.0. The molecule has 3 aliphatic rings. The number of carbonyl (C=O) groups is 3. The third kappa shape index (κ3) is 2.70. The molecule has 114 valence electrons. The Labute approximate surface area is 121 Å². The fourth-order valence-electron chi connectivity index (χ4n) is 2.63. The number of oxime groups is 1. The number of hydrogen-bond acceptors (Lipinski definition) is 6. The quantitative estimate of drug-likeness (QED) is 0.664. The number of fused-ring (bicyclic) bond motifs is 1. The van der Waals surface area contributed by atoms with Crippen LogP contribution < -0.4 is 5.32 Å². The van der Waals surface area contributed by atoms with E-state index in [2.05, 4.69) is 15.2 Å². The molecule has 0 spiro atoms.